The average molecular weight is 595 g/mol. The minimum atomic E-state index is -2.72. The van der Waals surface area contributed by atoms with Crippen LogP contribution >= 0.6 is 0 Å². The van der Waals surface area contributed by atoms with Gasteiger partial charge in [-0.3, -0.25) is 4.98 Å². The van der Waals surface area contributed by atoms with E-state index in [1.54, 1.807) is 12.1 Å². The van der Waals surface area contributed by atoms with Crippen molar-refractivity contribution in [3.63, 3.8) is 0 Å². The number of pyridine rings is 1. The fraction of sp³-hybridized carbons (Fsp3) is 0.559. The van der Waals surface area contributed by atoms with E-state index in [2.05, 4.69) is 28.7 Å². The Morgan fingerprint density at radius 3 is 2.19 bits per heavy atom. The SMILES string of the molecule is Cc1ccc(C(F)c2c(C3CCN(c4ncc(O)cn4)CC3)nc3c(c2C2CCC(F)(F)CC2)C(O)CC(C)(C)C3)cc1. The number of aryl methyl sites for hydroxylation is 1. The number of aliphatic hydroxyl groups is 1. The molecule has 230 valence electrons. The van der Waals surface area contributed by atoms with Crippen molar-refractivity contribution in [2.75, 3.05) is 18.0 Å². The third-order valence-corrected chi connectivity index (χ3v) is 9.69. The smallest absolute Gasteiger partial charge is 0.248 e. The normalized spacial score (nSPS) is 23.1. The molecule has 6 rings (SSSR count). The lowest BCUT2D eigenvalue weighted by molar-refractivity contribution is -0.0385. The number of halogens is 3. The van der Waals surface area contributed by atoms with Crippen molar-refractivity contribution in [3.05, 3.63) is 75.9 Å². The van der Waals surface area contributed by atoms with Gasteiger partial charge in [-0.2, -0.15) is 0 Å². The zero-order chi connectivity index (χ0) is 30.5. The molecule has 0 amide bonds. The van der Waals surface area contributed by atoms with E-state index in [4.69, 9.17) is 4.98 Å². The average Bonchev–Trinajstić information content (AvgIpc) is 2.96. The van der Waals surface area contributed by atoms with E-state index in [1.165, 1.54) is 12.4 Å². The fourth-order valence-electron chi connectivity index (χ4n) is 7.44. The van der Waals surface area contributed by atoms with Crippen LogP contribution in [0, 0.1) is 12.3 Å². The lowest BCUT2D eigenvalue weighted by Crippen LogP contribution is -2.36. The summed E-state index contributed by atoms with van der Waals surface area (Å²) in [4.78, 5) is 15.8. The van der Waals surface area contributed by atoms with Gasteiger partial charge in [0, 0.05) is 48.7 Å². The Morgan fingerprint density at radius 2 is 1.56 bits per heavy atom. The third-order valence-electron chi connectivity index (χ3n) is 9.69. The molecule has 1 saturated heterocycles. The molecule has 2 N–H and O–H groups in total. The first-order valence-corrected chi connectivity index (χ1v) is 15.5. The second-order valence-corrected chi connectivity index (χ2v) is 13.7. The molecule has 6 nitrogen and oxygen atoms in total. The number of piperidine rings is 1. The summed E-state index contributed by atoms with van der Waals surface area (Å²) in [5.74, 6) is -2.50. The number of benzene rings is 1. The maximum absolute atomic E-state index is 17.1. The lowest BCUT2D eigenvalue weighted by Gasteiger charge is -2.41. The Kier molecular flexibility index (Phi) is 7.90. The minimum absolute atomic E-state index is 0.00440. The van der Waals surface area contributed by atoms with Crippen molar-refractivity contribution in [1.29, 1.82) is 0 Å². The highest BCUT2D eigenvalue weighted by Crippen LogP contribution is 2.52. The van der Waals surface area contributed by atoms with Crippen molar-refractivity contribution in [2.45, 2.75) is 102 Å². The van der Waals surface area contributed by atoms with Crippen LogP contribution < -0.4 is 4.90 Å². The highest BCUT2D eigenvalue weighted by atomic mass is 19.3. The molecule has 2 aromatic heterocycles. The molecule has 1 aliphatic heterocycles. The summed E-state index contributed by atoms with van der Waals surface area (Å²) in [6.45, 7) is 7.44. The van der Waals surface area contributed by atoms with E-state index in [1.807, 2.05) is 19.1 Å². The first-order valence-electron chi connectivity index (χ1n) is 15.5. The molecule has 0 spiro atoms. The van der Waals surface area contributed by atoms with E-state index >= 15 is 4.39 Å². The van der Waals surface area contributed by atoms with Gasteiger partial charge in [-0.15, -0.1) is 0 Å². The van der Waals surface area contributed by atoms with Crippen LogP contribution in [0.25, 0.3) is 0 Å². The van der Waals surface area contributed by atoms with Gasteiger partial charge in [0.2, 0.25) is 11.9 Å². The number of anilines is 1. The number of aromatic hydroxyl groups is 1. The lowest BCUT2D eigenvalue weighted by atomic mass is 9.68. The number of fused-ring (bicyclic) bond motifs is 1. The monoisotopic (exact) mass is 594 g/mol. The largest absolute Gasteiger partial charge is 0.505 e. The maximum Gasteiger partial charge on any atom is 0.248 e. The van der Waals surface area contributed by atoms with Crippen LogP contribution in [-0.4, -0.2) is 44.2 Å². The van der Waals surface area contributed by atoms with Gasteiger partial charge in [-0.05, 0) is 67.9 Å². The number of alkyl halides is 3. The molecule has 0 bridgehead atoms. The number of aliphatic hydroxyl groups excluding tert-OH is 1. The molecule has 2 fully saturated rings. The number of aromatic nitrogens is 3. The summed E-state index contributed by atoms with van der Waals surface area (Å²) >= 11 is 0. The Bertz CT molecular complexity index is 1440. The molecular formula is C34H41F3N4O2. The predicted molar refractivity (Wildman–Crippen MR) is 159 cm³/mol. The van der Waals surface area contributed by atoms with Gasteiger partial charge in [-0.25, -0.2) is 23.1 Å². The first kappa shape index (κ1) is 29.9. The Labute approximate surface area is 251 Å². The number of nitrogens with zero attached hydrogens (tertiary/aromatic N) is 4. The van der Waals surface area contributed by atoms with Gasteiger partial charge in [0.05, 0.1) is 24.2 Å². The van der Waals surface area contributed by atoms with Crippen molar-refractivity contribution in [1.82, 2.24) is 15.0 Å². The molecular weight excluding hydrogens is 553 g/mol. The summed E-state index contributed by atoms with van der Waals surface area (Å²) in [5, 5.41) is 21.2. The number of rotatable bonds is 5. The van der Waals surface area contributed by atoms with Gasteiger partial charge in [0.15, 0.2) is 11.9 Å². The second kappa shape index (κ2) is 11.4. The van der Waals surface area contributed by atoms with Gasteiger partial charge < -0.3 is 15.1 Å². The number of hydrogen-bond donors (Lipinski definition) is 2. The van der Waals surface area contributed by atoms with Gasteiger partial charge in [0.25, 0.3) is 0 Å². The topological polar surface area (TPSA) is 82.4 Å². The van der Waals surface area contributed by atoms with Crippen molar-refractivity contribution >= 4 is 5.95 Å². The molecule has 2 atom stereocenters. The summed E-state index contributed by atoms with van der Waals surface area (Å²) in [5.41, 5.74) is 4.73. The van der Waals surface area contributed by atoms with E-state index in [-0.39, 0.29) is 48.7 Å². The molecule has 1 saturated carbocycles. The molecule has 0 radical (unpaired) electrons. The van der Waals surface area contributed by atoms with Crippen LogP contribution in [0.5, 0.6) is 5.75 Å². The van der Waals surface area contributed by atoms with Crippen LogP contribution in [0.15, 0.2) is 36.7 Å². The molecule has 2 unspecified atom stereocenters. The highest BCUT2D eigenvalue weighted by Gasteiger charge is 2.43. The molecule has 1 aromatic carbocycles. The van der Waals surface area contributed by atoms with Gasteiger partial charge >= 0.3 is 0 Å². The van der Waals surface area contributed by atoms with E-state index in [0.717, 1.165) is 16.8 Å². The van der Waals surface area contributed by atoms with Crippen molar-refractivity contribution < 1.29 is 23.4 Å². The summed E-state index contributed by atoms with van der Waals surface area (Å²) < 4.78 is 45.8. The van der Waals surface area contributed by atoms with E-state index in [0.29, 0.717) is 67.1 Å². The zero-order valence-electron chi connectivity index (χ0n) is 25.2. The molecule has 2 aliphatic carbocycles. The van der Waals surface area contributed by atoms with Crippen LogP contribution in [0.2, 0.25) is 0 Å². The van der Waals surface area contributed by atoms with Crippen LogP contribution in [0.1, 0.15) is 122 Å². The predicted octanol–water partition coefficient (Wildman–Crippen LogP) is 7.63. The van der Waals surface area contributed by atoms with Gasteiger partial charge in [0.1, 0.15) is 0 Å². The van der Waals surface area contributed by atoms with Crippen LogP contribution in [0.3, 0.4) is 0 Å². The molecule has 43 heavy (non-hydrogen) atoms. The first-order chi connectivity index (χ1) is 20.4. The van der Waals surface area contributed by atoms with Crippen LogP contribution in [-0.2, 0) is 6.42 Å². The van der Waals surface area contributed by atoms with E-state index in [9.17, 15) is 19.0 Å². The standard InChI is InChI=1S/C34H41F3N4O2/c1-20-4-6-22(7-5-20)30(35)29-27(21-8-12-34(36,37)13-9-21)28-25(16-33(2,3)17-26(28)43)40-31(29)23-10-14-41(15-11-23)32-38-18-24(42)19-39-32/h4-7,18-19,21,23,26,30,42-43H,8-17H2,1-3H3. The van der Waals surface area contributed by atoms with Crippen molar-refractivity contribution in [2.24, 2.45) is 5.41 Å². The van der Waals surface area contributed by atoms with Crippen LogP contribution in [0.4, 0.5) is 19.1 Å². The fourth-order valence-corrected chi connectivity index (χ4v) is 7.44. The molecule has 3 aliphatic rings. The highest BCUT2D eigenvalue weighted by molar-refractivity contribution is 5.51. The molecule has 3 aromatic rings. The van der Waals surface area contributed by atoms with Crippen molar-refractivity contribution in [3.8, 4) is 5.75 Å². The summed E-state index contributed by atoms with van der Waals surface area (Å²) in [7, 11) is 0. The third kappa shape index (κ3) is 6.10. The minimum Gasteiger partial charge on any atom is -0.505 e. The molecule has 3 heterocycles. The molecule has 9 heteroatoms. The maximum atomic E-state index is 17.1. The Hall–Kier alpha value is -3.20. The number of hydrogen-bond acceptors (Lipinski definition) is 6. The second-order valence-electron chi connectivity index (χ2n) is 13.7. The quantitative estimate of drug-likeness (QED) is 0.316. The zero-order valence-corrected chi connectivity index (χ0v) is 25.2. The Balaban J connectivity index is 1.47. The summed E-state index contributed by atoms with van der Waals surface area (Å²) in [6, 6.07) is 7.38. The Morgan fingerprint density at radius 1 is 0.930 bits per heavy atom. The van der Waals surface area contributed by atoms with E-state index < -0.39 is 18.2 Å². The van der Waals surface area contributed by atoms with Gasteiger partial charge in [-0.1, -0.05) is 43.7 Å². The summed E-state index contributed by atoms with van der Waals surface area (Å²) in [6.07, 6.45) is 3.01.